The minimum absolute atomic E-state index is 0.875. The fourth-order valence-electron chi connectivity index (χ4n) is 1.49. The van der Waals surface area contributed by atoms with Crippen LogP contribution in [-0.2, 0) is 6.54 Å². The van der Waals surface area contributed by atoms with E-state index in [1.165, 1.54) is 17.7 Å². The highest BCUT2D eigenvalue weighted by atomic mass is 32.1. The van der Waals surface area contributed by atoms with Gasteiger partial charge >= 0.3 is 0 Å². The molecular weight excluding hydrogens is 194 g/mol. The van der Waals surface area contributed by atoms with Crippen LogP contribution in [0.15, 0.2) is 11.7 Å². The minimum Gasteiger partial charge on any atom is -0.311 e. The van der Waals surface area contributed by atoms with Gasteiger partial charge in [0.25, 0.3) is 0 Å². The lowest BCUT2D eigenvalue weighted by molar-refractivity contribution is 0.322. The van der Waals surface area contributed by atoms with E-state index in [4.69, 9.17) is 0 Å². The van der Waals surface area contributed by atoms with E-state index in [-0.39, 0.29) is 0 Å². The van der Waals surface area contributed by atoms with Gasteiger partial charge in [-0.2, -0.15) is 0 Å². The Morgan fingerprint density at radius 3 is 3.14 bits per heavy atom. The Balaban J connectivity index is 1.54. The van der Waals surface area contributed by atoms with E-state index in [0.29, 0.717) is 0 Å². The van der Waals surface area contributed by atoms with Gasteiger partial charge in [0, 0.05) is 36.8 Å². The van der Waals surface area contributed by atoms with Crippen LogP contribution in [0.5, 0.6) is 0 Å². The van der Waals surface area contributed by atoms with Crippen molar-refractivity contribution in [2.45, 2.75) is 25.4 Å². The summed E-state index contributed by atoms with van der Waals surface area (Å²) in [6, 6.07) is 0.875. The third-order valence-corrected chi connectivity index (χ3v) is 3.37. The Kier molecular flexibility index (Phi) is 3.50. The van der Waals surface area contributed by atoms with Crippen molar-refractivity contribution in [3.8, 4) is 0 Å². The van der Waals surface area contributed by atoms with Crippen molar-refractivity contribution in [3.05, 3.63) is 16.6 Å². The molecule has 0 aliphatic heterocycles. The van der Waals surface area contributed by atoms with Crippen LogP contribution in [0.2, 0.25) is 0 Å². The van der Waals surface area contributed by atoms with Gasteiger partial charge in [-0.15, -0.1) is 11.3 Å². The van der Waals surface area contributed by atoms with Crippen LogP contribution >= 0.6 is 11.3 Å². The summed E-state index contributed by atoms with van der Waals surface area (Å²) >= 11 is 1.71. The first-order valence-corrected chi connectivity index (χ1v) is 6.02. The molecule has 0 spiro atoms. The topological polar surface area (TPSA) is 28.2 Å². The van der Waals surface area contributed by atoms with Crippen molar-refractivity contribution in [2.24, 2.45) is 0 Å². The van der Waals surface area contributed by atoms with Crippen LogP contribution in [-0.4, -0.2) is 36.1 Å². The van der Waals surface area contributed by atoms with Crippen LogP contribution in [0.3, 0.4) is 0 Å². The zero-order chi connectivity index (χ0) is 9.80. The van der Waals surface area contributed by atoms with Crippen LogP contribution in [0, 0.1) is 0 Å². The van der Waals surface area contributed by atoms with Crippen LogP contribution < -0.4 is 5.32 Å². The van der Waals surface area contributed by atoms with Crippen molar-refractivity contribution < 1.29 is 0 Å². The molecule has 3 nitrogen and oxygen atoms in total. The summed E-state index contributed by atoms with van der Waals surface area (Å²) in [6.45, 7) is 3.19. The molecular formula is C10H17N3S. The molecule has 1 saturated carbocycles. The number of hydrogen-bond donors (Lipinski definition) is 1. The molecule has 2 rings (SSSR count). The number of nitrogens with zero attached hydrogens (tertiary/aromatic N) is 2. The lowest BCUT2D eigenvalue weighted by Crippen LogP contribution is -2.30. The van der Waals surface area contributed by atoms with Crippen LogP contribution in [0.1, 0.15) is 17.7 Å². The lowest BCUT2D eigenvalue weighted by Gasteiger charge is -2.15. The van der Waals surface area contributed by atoms with Gasteiger partial charge in [-0.1, -0.05) is 0 Å². The third-order valence-electron chi connectivity index (χ3n) is 2.59. The molecule has 4 heteroatoms. The van der Waals surface area contributed by atoms with Gasteiger partial charge in [-0.05, 0) is 19.9 Å². The maximum atomic E-state index is 4.04. The first kappa shape index (κ1) is 10.1. The molecule has 1 fully saturated rings. The molecule has 0 saturated heterocycles. The van der Waals surface area contributed by atoms with Crippen molar-refractivity contribution >= 4 is 11.3 Å². The first-order valence-electron chi connectivity index (χ1n) is 5.14. The van der Waals surface area contributed by atoms with E-state index in [2.05, 4.69) is 22.2 Å². The van der Waals surface area contributed by atoms with Gasteiger partial charge < -0.3 is 10.2 Å². The van der Waals surface area contributed by atoms with E-state index in [0.717, 1.165) is 25.7 Å². The molecule has 0 unspecified atom stereocenters. The number of likely N-dealkylation sites (N-methyl/N-ethyl adjacent to an activating group) is 1. The summed E-state index contributed by atoms with van der Waals surface area (Å²) in [5, 5.41) is 3.43. The Hall–Kier alpha value is -0.450. The molecule has 14 heavy (non-hydrogen) atoms. The zero-order valence-corrected chi connectivity index (χ0v) is 9.39. The summed E-state index contributed by atoms with van der Waals surface area (Å²) in [7, 11) is 2.21. The van der Waals surface area contributed by atoms with Crippen molar-refractivity contribution in [3.63, 3.8) is 0 Å². The monoisotopic (exact) mass is 211 g/mol. The maximum absolute atomic E-state index is 4.04. The minimum atomic E-state index is 0.875. The van der Waals surface area contributed by atoms with Gasteiger partial charge in [-0.25, -0.2) is 0 Å². The normalized spacial score (nSPS) is 16.4. The summed E-state index contributed by atoms with van der Waals surface area (Å²) in [5.74, 6) is 0. The number of thiazole rings is 1. The second-order valence-electron chi connectivity index (χ2n) is 3.86. The molecule has 1 aromatic heterocycles. The van der Waals surface area contributed by atoms with E-state index >= 15 is 0 Å². The molecule has 1 aliphatic carbocycles. The van der Waals surface area contributed by atoms with E-state index in [1.54, 1.807) is 11.3 Å². The molecule has 0 atom stereocenters. The average Bonchev–Trinajstić information content (AvgIpc) is 2.92. The summed E-state index contributed by atoms with van der Waals surface area (Å²) in [4.78, 5) is 7.81. The summed E-state index contributed by atoms with van der Waals surface area (Å²) < 4.78 is 0. The highest BCUT2D eigenvalue weighted by Gasteiger charge is 2.25. The standard InChI is InChI=1S/C10H17N3S/c1-13(9-2-3-9)5-4-11-6-10-7-12-8-14-10/h7-9,11H,2-6H2,1H3. The van der Waals surface area contributed by atoms with Gasteiger partial charge in [0.1, 0.15) is 0 Å². The Bertz CT molecular complexity index is 256. The number of hydrogen-bond acceptors (Lipinski definition) is 4. The smallest absolute Gasteiger partial charge is 0.0794 e. The van der Waals surface area contributed by atoms with Crippen molar-refractivity contribution in [2.75, 3.05) is 20.1 Å². The van der Waals surface area contributed by atoms with Gasteiger partial charge in [0.2, 0.25) is 0 Å². The number of nitrogens with one attached hydrogen (secondary N) is 1. The SMILES string of the molecule is CN(CCNCc1cncs1)C1CC1. The van der Waals surface area contributed by atoms with Gasteiger partial charge in [-0.3, -0.25) is 4.98 Å². The molecule has 0 bridgehead atoms. The molecule has 0 aromatic carbocycles. The molecule has 78 valence electrons. The van der Waals surface area contributed by atoms with Gasteiger partial charge in [0.05, 0.1) is 5.51 Å². The van der Waals surface area contributed by atoms with E-state index < -0.39 is 0 Å². The second-order valence-corrected chi connectivity index (χ2v) is 4.83. The molecule has 1 N–H and O–H groups in total. The average molecular weight is 211 g/mol. The number of rotatable bonds is 6. The zero-order valence-electron chi connectivity index (χ0n) is 8.57. The lowest BCUT2D eigenvalue weighted by atomic mass is 10.4. The predicted molar refractivity (Wildman–Crippen MR) is 59.5 cm³/mol. The summed E-state index contributed by atoms with van der Waals surface area (Å²) in [5.41, 5.74) is 1.88. The largest absolute Gasteiger partial charge is 0.311 e. The Morgan fingerprint density at radius 2 is 2.50 bits per heavy atom. The number of aromatic nitrogens is 1. The molecule has 1 aliphatic rings. The fourth-order valence-corrected chi connectivity index (χ4v) is 2.06. The fraction of sp³-hybridized carbons (Fsp3) is 0.700. The molecule has 0 radical (unpaired) electrons. The predicted octanol–water partition coefficient (Wildman–Crippen LogP) is 1.33. The van der Waals surface area contributed by atoms with Crippen LogP contribution in [0.25, 0.3) is 0 Å². The quantitative estimate of drug-likeness (QED) is 0.719. The highest BCUT2D eigenvalue weighted by molar-refractivity contribution is 7.09. The Labute approximate surface area is 89.1 Å². The van der Waals surface area contributed by atoms with E-state index in [1.807, 2.05) is 11.7 Å². The second kappa shape index (κ2) is 4.87. The maximum Gasteiger partial charge on any atom is 0.0794 e. The van der Waals surface area contributed by atoms with Crippen molar-refractivity contribution in [1.82, 2.24) is 15.2 Å². The molecule has 1 heterocycles. The Morgan fingerprint density at radius 1 is 1.64 bits per heavy atom. The third kappa shape index (κ3) is 3.04. The first-order chi connectivity index (χ1) is 6.86. The highest BCUT2D eigenvalue weighted by Crippen LogP contribution is 2.24. The van der Waals surface area contributed by atoms with Gasteiger partial charge in [0.15, 0.2) is 0 Å². The summed E-state index contributed by atoms with van der Waals surface area (Å²) in [6.07, 6.45) is 4.72. The van der Waals surface area contributed by atoms with Crippen molar-refractivity contribution in [1.29, 1.82) is 0 Å². The van der Waals surface area contributed by atoms with Crippen LogP contribution in [0.4, 0.5) is 0 Å². The van der Waals surface area contributed by atoms with E-state index in [9.17, 15) is 0 Å². The molecule has 0 amide bonds. The molecule has 1 aromatic rings.